The van der Waals surface area contributed by atoms with Crippen LogP contribution in [0.5, 0.6) is 0 Å². The number of benzene rings is 2. The van der Waals surface area contributed by atoms with E-state index in [1.165, 1.54) is 28.8 Å². The maximum absolute atomic E-state index is 11.8. The zero-order valence-corrected chi connectivity index (χ0v) is 13.9. The standard InChI is InChI=1S/C16H16N2O3S2/c19-16(17-10-11-22-14-4-2-1-3-5-14)12-23-15-8-6-13(7-9-15)18(20)21/h1-9H,10-12H2,(H,17,19). The van der Waals surface area contributed by atoms with Gasteiger partial charge in [-0.05, 0) is 24.3 Å². The molecule has 0 atom stereocenters. The van der Waals surface area contributed by atoms with Crippen molar-refractivity contribution in [1.29, 1.82) is 0 Å². The van der Waals surface area contributed by atoms with Crippen LogP contribution in [0, 0.1) is 10.1 Å². The van der Waals surface area contributed by atoms with Gasteiger partial charge in [0.2, 0.25) is 5.91 Å². The van der Waals surface area contributed by atoms with Gasteiger partial charge >= 0.3 is 0 Å². The number of amides is 1. The van der Waals surface area contributed by atoms with Crippen molar-refractivity contribution >= 4 is 35.1 Å². The highest BCUT2D eigenvalue weighted by molar-refractivity contribution is 8.00. The van der Waals surface area contributed by atoms with E-state index in [2.05, 4.69) is 5.32 Å². The van der Waals surface area contributed by atoms with Crippen LogP contribution in [0.2, 0.25) is 0 Å². The Morgan fingerprint density at radius 2 is 1.65 bits per heavy atom. The highest BCUT2D eigenvalue weighted by Crippen LogP contribution is 2.21. The number of nitro groups is 1. The van der Waals surface area contributed by atoms with Gasteiger partial charge in [-0.15, -0.1) is 23.5 Å². The second-order valence-electron chi connectivity index (χ2n) is 4.55. The first kappa shape index (κ1) is 17.4. The molecule has 2 aromatic rings. The molecule has 0 unspecified atom stereocenters. The molecule has 1 amide bonds. The number of nitro benzene ring substituents is 1. The summed E-state index contributed by atoms with van der Waals surface area (Å²) in [5, 5.41) is 13.4. The molecule has 0 bridgehead atoms. The molecule has 0 fully saturated rings. The van der Waals surface area contributed by atoms with E-state index < -0.39 is 4.92 Å². The zero-order valence-electron chi connectivity index (χ0n) is 12.3. The number of nitrogens with zero attached hydrogens (tertiary/aromatic N) is 1. The predicted molar refractivity (Wildman–Crippen MR) is 94.0 cm³/mol. The Morgan fingerprint density at radius 3 is 2.30 bits per heavy atom. The molecule has 7 heteroatoms. The minimum absolute atomic E-state index is 0.0398. The number of rotatable bonds is 8. The Balaban J connectivity index is 1.64. The van der Waals surface area contributed by atoms with Crippen LogP contribution < -0.4 is 5.32 Å². The third-order valence-corrected chi connectivity index (χ3v) is 4.88. The predicted octanol–water partition coefficient (Wildman–Crippen LogP) is 3.60. The van der Waals surface area contributed by atoms with Gasteiger partial charge in [0.25, 0.3) is 5.69 Å². The zero-order chi connectivity index (χ0) is 16.5. The molecular formula is C16H16N2O3S2. The lowest BCUT2D eigenvalue weighted by Crippen LogP contribution is -2.27. The molecule has 1 N–H and O–H groups in total. The molecule has 0 saturated carbocycles. The molecule has 2 rings (SSSR count). The highest BCUT2D eigenvalue weighted by atomic mass is 32.2. The minimum Gasteiger partial charge on any atom is -0.355 e. The summed E-state index contributed by atoms with van der Waals surface area (Å²) in [5.74, 6) is 1.08. The van der Waals surface area contributed by atoms with E-state index >= 15 is 0 Å². The molecule has 0 aliphatic rings. The molecule has 5 nitrogen and oxygen atoms in total. The van der Waals surface area contributed by atoms with E-state index in [-0.39, 0.29) is 11.6 Å². The molecule has 0 aliphatic heterocycles. The van der Waals surface area contributed by atoms with Crippen molar-refractivity contribution in [3.63, 3.8) is 0 Å². The second-order valence-corrected chi connectivity index (χ2v) is 6.77. The van der Waals surface area contributed by atoms with Crippen molar-refractivity contribution in [2.45, 2.75) is 9.79 Å². The third kappa shape index (κ3) is 6.33. The van der Waals surface area contributed by atoms with Gasteiger partial charge in [-0.3, -0.25) is 14.9 Å². The summed E-state index contributed by atoms with van der Waals surface area (Å²) in [5.41, 5.74) is 0.0525. The van der Waals surface area contributed by atoms with Crippen LogP contribution in [0.15, 0.2) is 64.4 Å². The van der Waals surface area contributed by atoms with Crippen molar-refractivity contribution in [2.75, 3.05) is 18.1 Å². The molecule has 0 aromatic heterocycles. The van der Waals surface area contributed by atoms with E-state index in [9.17, 15) is 14.9 Å². The number of hydrogen-bond acceptors (Lipinski definition) is 5. The third-order valence-electron chi connectivity index (χ3n) is 2.85. The summed E-state index contributed by atoms with van der Waals surface area (Å²) < 4.78 is 0. The van der Waals surface area contributed by atoms with Crippen LogP contribution in [0.3, 0.4) is 0 Å². The molecule has 0 aliphatic carbocycles. The average molecular weight is 348 g/mol. The summed E-state index contributed by atoms with van der Waals surface area (Å²) in [4.78, 5) is 23.9. The van der Waals surface area contributed by atoms with Gasteiger partial charge in [0.1, 0.15) is 0 Å². The SMILES string of the molecule is O=C(CSc1ccc([N+](=O)[O-])cc1)NCCSc1ccccc1. The fourth-order valence-corrected chi connectivity index (χ4v) is 3.26. The maximum Gasteiger partial charge on any atom is 0.269 e. The average Bonchev–Trinajstić information content (AvgIpc) is 2.58. The summed E-state index contributed by atoms with van der Waals surface area (Å²) in [6.45, 7) is 0.610. The minimum atomic E-state index is -0.439. The van der Waals surface area contributed by atoms with E-state index in [1.807, 2.05) is 30.3 Å². The van der Waals surface area contributed by atoms with Gasteiger partial charge in [-0.2, -0.15) is 0 Å². The monoisotopic (exact) mass is 348 g/mol. The van der Waals surface area contributed by atoms with Gasteiger partial charge in [-0.1, -0.05) is 18.2 Å². The van der Waals surface area contributed by atoms with Gasteiger partial charge in [0, 0.05) is 34.2 Å². The van der Waals surface area contributed by atoms with Crippen LogP contribution in [0.25, 0.3) is 0 Å². The fourth-order valence-electron chi connectivity index (χ4n) is 1.74. The second kappa shape index (κ2) is 9.22. The molecular weight excluding hydrogens is 332 g/mol. The first-order chi connectivity index (χ1) is 11.1. The number of hydrogen-bond donors (Lipinski definition) is 1. The lowest BCUT2D eigenvalue weighted by atomic mass is 10.3. The molecule has 0 radical (unpaired) electrons. The van der Waals surface area contributed by atoms with Gasteiger partial charge in [0.15, 0.2) is 0 Å². The number of carbonyl (C=O) groups excluding carboxylic acids is 1. The topological polar surface area (TPSA) is 72.2 Å². The van der Waals surface area contributed by atoms with E-state index in [0.29, 0.717) is 12.3 Å². The Labute approximate surface area is 143 Å². The lowest BCUT2D eigenvalue weighted by molar-refractivity contribution is -0.384. The normalized spacial score (nSPS) is 10.3. The Morgan fingerprint density at radius 1 is 1.00 bits per heavy atom. The van der Waals surface area contributed by atoms with Crippen molar-refractivity contribution in [1.82, 2.24) is 5.32 Å². The van der Waals surface area contributed by atoms with Crippen molar-refractivity contribution in [3.8, 4) is 0 Å². The van der Waals surface area contributed by atoms with Crippen LogP contribution in [-0.4, -0.2) is 28.9 Å². The van der Waals surface area contributed by atoms with Crippen LogP contribution in [-0.2, 0) is 4.79 Å². The van der Waals surface area contributed by atoms with Crippen LogP contribution in [0.4, 0.5) is 5.69 Å². The van der Waals surface area contributed by atoms with Crippen molar-refractivity contribution < 1.29 is 9.72 Å². The Bertz CT molecular complexity index is 648. The number of thioether (sulfide) groups is 2. The largest absolute Gasteiger partial charge is 0.355 e. The van der Waals surface area contributed by atoms with E-state index in [0.717, 1.165) is 10.6 Å². The lowest BCUT2D eigenvalue weighted by Gasteiger charge is -2.05. The smallest absolute Gasteiger partial charge is 0.269 e. The van der Waals surface area contributed by atoms with E-state index in [1.54, 1.807) is 23.9 Å². The first-order valence-corrected chi connectivity index (χ1v) is 8.94. The fraction of sp³-hybridized carbons (Fsp3) is 0.188. The first-order valence-electron chi connectivity index (χ1n) is 6.97. The van der Waals surface area contributed by atoms with Gasteiger partial charge in [-0.25, -0.2) is 0 Å². The van der Waals surface area contributed by atoms with Crippen LogP contribution >= 0.6 is 23.5 Å². The number of non-ortho nitro benzene ring substituents is 1. The number of carbonyl (C=O) groups is 1. The number of nitrogens with one attached hydrogen (secondary N) is 1. The highest BCUT2D eigenvalue weighted by Gasteiger charge is 2.06. The Hall–Kier alpha value is -1.99. The van der Waals surface area contributed by atoms with Gasteiger partial charge < -0.3 is 5.32 Å². The molecule has 0 spiro atoms. The van der Waals surface area contributed by atoms with E-state index in [4.69, 9.17) is 0 Å². The quantitative estimate of drug-likeness (QED) is 0.341. The van der Waals surface area contributed by atoms with Crippen LogP contribution in [0.1, 0.15) is 0 Å². The molecule has 2 aromatic carbocycles. The van der Waals surface area contributed by atoms with Crippen molar-refractivity contribution in [2.24, 2.45) is 0 Å². The Kier molecular flexibility index (Phi) is 6.96. The van der Waals surface area contributed by atoms with Gasteiger partial charge in [0.05, 0.1) is 10.7 Å². The molecule has 0 saturated heterocycles. The summed E-state index contributed by atoms with van der Waals surface area (Å²) in [6.07, 6.45) is 0. The summed E-state index contributed by atoms with van der Waals surface area (Å²) >= 11 is 3.06. The maximum atomic E-state index is 11.8. The molecule has 0 heterocycles. The molecule has 120 valence electrons. The summed E-state index contributed by atoms with van der Waals surface area (Å²) in [7, 11) is 0. The molecule has 23 heavy (non-hydrogen) atoms. The summed E-state index contributed by atoms with van der Waals surface area (Å²) in [6, 6.07) is 16.2. The van der Waals surface area contributed by atoms with Crippen molar-refractivity contribution in [3.05, 3.63) is 64.7 Å².